The SMILES string of the molecule is Cc1cn([C@@H]2O[C@H](CO)C(O)[C@@H]2O)c(=O)nc1N.Cc1cn([C@@H]2O[C@H](COP(=O)(Cl)Cl)C(O)[C@@H]2O)c(=O)nc1N.Cc1cn([C@@H]2O[C@H](COP(=O)(O)OP(=O)(O)OP(=O)(O)O)C(O)[C@@H]2O)c(=O)nc1N.Cc1cn([C@@H]2O[C@H](COP3(=O)CP(=O)(O)OP(=O)(O)O3)C(O)[C@@H]2O)c(=O)nc1N. The van der Waals surface area contributed by atoms with E-state index in [2.05, 4.69) is 46.2 Å². The highest BCUT2D eigenvalue weighted by Gasteiger charge is 2.54. The van der Waals surface area contributed by atoms with E-state index >= 15 is 0 Å². The summed E-state index contributed by atoms with van der Waals surface area (Å²) in [5, 5.41) is 88.8. The highest BCUT2D eigenvalue weighted by Crippen LogP contribution is 2.78. The summed E-state index contributed by atoms with van der Waals surface area (Å²) in [5.41, 5.74) is 20.6. The van der Waals surface area contributed by atoms with Gasteiger partial charge in [0.1, 0.15) is 96.5 Å². The van der Waals surface area contributed by atoms with Crippen molar-refractivity contribution in [3.63, 3.8) is 0 Å². The zero-order chi connectivity index (χ0) is 74.9. The van der Waals surface area contributed by atoms with Crippen molar-refractivity contribution in [1.82, 2.24) is 38.2 Å². The lowest BCUT2D eigenvalue weighted by atomic mass is 10.1. The van der Waals surface area contributed by atoms with Crippen LogP contribution in [0.25, 0.3) is 0 Å². The van der Waals surface area contributed by atoms with Gasteiger partial charge >= 0.3 is 75.3 Å². The standard InChI is InChI=1S/C11H18N3O12P3.C10H14Cl2N3O6P.C10H18N3O14P3.C10H15N3O5/c1-5-2-14(11(17)13-9(5)12)10-8(16)7(15)6(24-10)3-23-28(20)4-27(18,19)25-29(21,22)26-28;1-4-2-15(10(18)14-8(4)13)9-7(17)6(16)5(21-9)3-20-22(11,12)19;1-4-2-13(10(16)12-8(4)11)9-7(15)6(14)5(25-9)3-24-29(20,21)27-30(22,23)26-28(17,18)19;1-4-2-13(10(17)12-8(4)11)9-7(16)6(15)5(3-14)18-9/h2,6-8,10,15-16H,3-4H2,1H3,(H,18,19)(H,21,22)(H2,12,13,17);2,5-7,9,16-17H,3H2,1H3,(H2,13,14,18);2,5-7,9,14-15H,3H2,1H3,(H,20,21)(H,22,23)(H2,11,12,16)(H2,17,18,19);2,5-7,9,14-16H,3H2,1H3,(H2,11,12,17)/t6-,7?,8+,10-,28?;3*5-,6?,7+,9-/m1111/s1. The van der Waals surface area contributed by atoms with Gasteiger partial charge in [-0.2, -0.15) is 28.6 Å². The number of phosphoric ester groups is 1. The second-order valence-electron chi connectivity index (χ2n) is 21.3. The number of anilines is 4. The summed E-state index contributed by atoms with van der Waals surface area (Å²) in [6.45, 7) is 3.65. The summed E-state index contributed by atoms with van der Waals surface area (Å²) >= 11 is 10.5. The highest BCUT2D eigenvalue weighted by molar-refractivity contribution is 8.05. The van der Waals surface area contributed by atoms with Crippen molar-refractivity contribution in [2.24, 2.45) is 0 Å². The van der Waals surface area contributed by atoms with Crippen LogP contribution in [0.3, 0.4) is 0 Å². The first kappa shape index (κ1) is 83.8. The molecule has 4 aromatic heterocycles. The second-order valence-corrected chi connectivity index (χ2v) is 36.1. The number of hydrogen-bond donors (Lipinski definition) is 19. The third-order valence-electron chi connectivity index (χ3n) is 13.8. The number of nitrogens with two attached hydrogens (primary N) is 4. The first-order valence-electron chi connectivity index (χ1n) is 27.1. The Morgan fingerprint density at radius 1 is 0.495 bits per heavy atom. The molecule has 58 heteroatoms. The maximum atomic E-state index is 12.4. The molecular formula is C41H65Cl2N12O37P7. The number of aliphatic hydroxyl groups excluding tert-OH is 9. The van der Waals surface area contributed by atoms with Crippen molar-refractivity contribution in [3.8, 4) is 0 Å². The molecule has 9 unspecified atom stereocenters. The van der Waals surface area contributed by atoms with E-state index in [-0.39, 0.29) is 23.3 Å². The largest absolute Gasteiger partial charge is 0.490 e. The third-order valence-corrected chi connectivity index (χ3v) is 25.6. The van der Waals surface area contributed by atoms with Crippen molar-refractivity contribution in [3.05, 3.63) is 89.0 Å². The van der Waals surface area contributed by atoms with Crippen LogP contribution in [0.1, 0.15) is 47.2 Å². The normalized spacial score (nSPS) is 33.5. The average molecular weight is 1610 g/mol. The Morgan fingerprint density at radius 3 is 1.09 bits per heavy atom. The molecule has 0 saturated carbocycles. The molecule has 0 aliphatic carbocycles. The molecule has 560 valence electrons. The van der Waals surface area contributed by atoms with Crippen LogP contribution in [-0.4, -0.2) is 219 Å². The molecule has 0 spiro atoms. The molecule has 9 rings (SSSR count). The zero-order valence-electron chi connectivity index (χ0n) is 50.5. The Labute approximate surface area is 561 Å². The van der Waals surface area contributed by atoms with E-state index in [1.165, 1.54) is 31.7 Å². The van der Waals surface area contributed by atoms with Crippen molar-refractivity contribution in [2.75, 3.05) is 55.3 Å². The number of aliphatic hydroxyl groups is 9. The number of hydrogen-bond acceptors (Lipinski definition) is 39. The van der Waals surface area contributed by atoms with Crippen LogP contribution in [0.5, 0.6) is 0 Å². The van der Waals surface area contributed by atoms with Crippen molar-refractivity contribution >= 4 is 98.3 Å². The van der Waals surface area contributed by atoms with E-state index < -0.39 is 206 Å². The molecule has 5 fully saturated rings. The average Bonchev–Trinajstić information content (AvgIpc) is 1.33. The van der Waals surface area contributed by atoms with Gasteiger partial charge in [-0.15, -0.1) is 0 Å². The van der Waals surface area contributed by atoms with E-state index in [0.29, 0.717) is 22.3 Å². The fourth-order valence-corrected chi connectivity index (χ4v) is 19.5. The van der Waals surface area contributed by atoms with Gasteiger partial charge in [-0.25, -0.2) is 46.1 Å². The van der Waals surface area contributed by atoms with Gasteiger partial charge in [-0.1, -0.05) is 0 Å². The van der Waals surface area contributed by atoms with Gasteiger partial charge in [0.2, 0.25) is 0 Å². The van der Waals surface area contributed by atoms with Crippen LogP contribution in [0.4, 0.5) is 23.3 Å². The topological polar surface area (TPSA) is 768 Å². The Kier molecular flexibility index (Phi) is 27.5. The fraction of sp³-hybridized carbons (Fsp3) is 0.610. The summed E-state index contributed by atoms with van der Waals surface area (Å²) in [5.74, 6) is -1.16. The molecule has 99 heavy (non-hydrogen) atoms. The van der Waals surface area contributed by atoms with Crippen LogP contribution in [0.2, 0.25) is 0 Å². The number of rotatable bonds is 18. The summed E-state index contributed by atoms with van der Waals surface area (Å²) in [4.78, 5) is 116. The van der Waals surface area contributed by atoms with Gasteiger partial charge in [0.15, 0.2) is 30.8 Å². The number of halogens is 2. The molecule has 0 radical (unpaired) electrons. The predicted octanol–water partition coefficient (Wildman–Crippen LogP) is -4.55. The molecule has 23 N–H and O–H groups in total. The fourth-order valence-electron chi connectivity index (χ4n) is 8.93. The highest BCUT2D eigenvalue weighted by atomic mass is 35.9. The lowest BCUT2D eigenvalue weighted by molar-refractivity contribution is -0.0550. The minimum Gasteiger partial charge on any atom is -0.394 e. The first-order valence-corrected chi connectivity index (χ1v) is 40.0. The maximum Gasteiger partial charge on any atom is 0.490 e. The molecule has 0 amide bonds. The smallest absolute Gasteiger partial charge is 0.394 e. The molecule has 0 bridgehead atoms. The molecule has 49 nitrogen and oxygen atoms in total. The van der Waals surface area contributed by atoms with Crippen LogP contribution in [-0.2, 0) is 81.7 Å². The van der Waals surface area contributed by atoms with Crippen LogP contribution in [0.15, 0.2) is 44.0 Å². The Balaban J connectivity index is 0.000000212. The number of nitrogen functional groups attached to an aromatic ring is 4. The van der Waals surface area contributed by atoms with E-state index in [1.807, 2.05) is 0 Å². The van der Waals surface area contributed by atoms with E-state index in [1.54, 1.807) is 20.8 Å². The van der Waals surface area contributed by atoms with Gasteiger partial charge in [-0.05, 0) is 50.2 Å². The Bertz CT molecular complexity index is 4180. The lowest BCUT2D eigenvalue weighted by Crippen LogP contribution is -2.36. The Morgan fingerprint density at radius 2 is 0.798 bits per heavy atom. The summed E-state index contributed by atoms with van der Waals surface area (Å²) in [6, 6.07) is 0. The van der Waals surface area contributed by atoms with E-state index in [0.717, 1.165) is 18.3 Å². The van der Waals surface area contributed by atoms with Crippen LogP contribution in [0, 0.1) is 27.7 Å². The zero-order valence-corrected chi connectivity index (χ0v) is 58.3. The monoisotopic (exact) mass is 1600 g/mol. The van der Waals surface area contributed by atoms with E-state index in [9.17, 15) is 107 Å². The maximum absolute atomic E-state index is 12.4. The van der Waals surface area contributed by atoms with Crippen molar-refractivity contribution in [1.29, 1.82) is 0 Å². The number of aromatic nitrogens is 8. The number of nitrogens with zero attached hydrogens (tertiary/aromatic N) is 8. The third kappa shape index (κ3) is 22.0. The Hall–Kier alpha value is -4.13. The van der Waals surface area contributed by atoms with Gasteiger partial charge in [-0.3, -0.25) is 36.5 Å². The molecule has 5 saturated heterocycles. The molecule has 5 aliphatic heterocycles. The lowest BCUT2D eigenvalue weighted by Gasteiger charge is -2.28. The number of phosphoric acid groups is 4. The number of ether oxygens (including phenoxy) is 4. The molecule has 0 aromatic carbocycles. The van der Waals surface area contributed by atoms with Crippen LogP contribution >= 0.6 is 75.0 Å². The summed E-state index contributed by atoms with van der Waals surface area (Å²) in [6.07, 6.45) is -20.9. The van der Waals surface area contributed by atoms with Crippen molar-refractivity contribution < 1.29 is 157 Å². The van der Waals surface area contributed by atoms with Crippen molar-refractivity contribution in [2.45, 2.75) is 126 Å². The quantitative estimate of drug-likeness (QED) is 0.0417. The molecule has 9 heterocycles. The van der Waals surface area contributed by atoms with E-state index in [4.69, 9.17) is 88.7 Å². The molecule has 4 aromatic rings. The van der Waals surface area contributed by atoms with Gasteiger partial charge < -0.3 is 126 Å². The second kappa shape index (κ2) is 32.5. The molecule has 5 aliphatic rings. The minimum absolute atomic E-state index is 0.0317. The summed E-state index contributed by atoms with van der Waals surface area (Å²) < 4.78 is 134. The molecular weight excluding hydrogens is 1540 g/mol. The first-order chi connectivity index (χ1) is 45.3. The van der Waals surface area contributed by atoms with Crippen LogP contribution < -0.4 is 45.7 Å². The van der Waals surface area contributed by atoms with Gasteiger partial charge in [0, 0.05) is 47.0 Å². The van der Waals surface area contributed by atoms with Gasteiger partial charge in [0.05, 0.1) is 26.4 Å². The van der Waals surface area contributed by atoms with Gasteiger partial charge in [0.25, 0.3) is 0 Å². The summed E-state index contributed by atoms with van der Waals surface area (Å²) in [7, 11) is -31.2. The molecule has 21 atom stereocenters. The predicted molar refractivity (Wildman–Crippen MR) is 327 cm³/mol. The number of aryl methyl sites for hydroxylation is 4. The minimum atomic E-state index is -5.72.